The van der Waals surface area contributed by atoms with Gasteiger partial charge in [0.05, 0.1) is 33.4 Å². The van der Waals surface area contributed by atoms with Crippen LogP contribution in [0.1, 0.15) is 200 Å². The molecular formula is C40H85NO8P+. The number of unbranched alkanes of at least 4 members (excludes halogenated alkanes) is 24. The maximum absolute atomic E-state index is 11.9. The number of aliphatic hydroxyl groups excluding tert-OH is 3. The Hall–Kier alpha value is -0.0900. The monoisotopic (exact) mass is 739 g/mol. The quantitative estimate of drug-likeness (QED) is 0.0210. The molecule has 5 atom stereocenters. The molecule has 50 heavy (non-hydrogen) atoms. The average Bonchev–Trinajstić information content (AvgIpc) is 3.03. The first-order valence-electron chi connectivity index (χ1n) is 21.0. The number of rotatable bonds is 37. The highest BCUT2D eigenvalue weighted by molar-refractivity contribution is 7.46. The summed E-state index contributed by atoms with van der Waals surface area (Å²) in [5, 5.41) is 45.7. The Balaban J connectivity index is 4.92. The molecule has 0 aromatic carbocycles. The van der Waals surface area contributed by atoms with E-state index in [1.807, 2.05) is 0 Å². The average molecular weight is 739 g/mol. The van der Waals surface area contributed by atoms with Crippen LogP contribution in [0.25, 0.3) is 0 Å². The number of phosphoric acid groups is 1. The van der Waals surface area contributed by atoms with E-state index in [2.05, 4.69) is 13.8 Å². The summed E-state index contributed by atoms with van der Waals surface area (Å²) in [6.45, 7) is 4.47. The zero-order valence-corrected chi connectivity index (χ0v) is 34.3. The van der Waals surface area contributed by atoms with Crippen molar-refractivity contribution in [1.82, 2.24) is 0 Å². The van der Waals surface area contributed by atoms with Crippen LogP contribution in [0.2, 0.25) is 0 Å². The Kier molecular flexibility index (Phi) is 30.2. The minimum absolute atomic E-state index is 0.0189. The largest absolute Gasteiger partial charge is 0.470 e. The highest BCUT2D eigenvalue weighted by Gasteiger charge is 2.50. The number of aliphatic hydroxyl groups is 4. The molecule has 0 heterocycles. The smallest absolute Gasteiger partial charge is 0.393 e. The molecule has 302 valence electrons. The Morgan fingerprint density at radius 1 is 0.560 bits per heavy atom. The molecule has 0 bridgehead atoms. The molecule has 9 nitrogen and oxygen atoms in total. The van der Waals surface area contributed by atoms with Gasteiger partial charge in [0.2, 0.25) is 0 Å². The van der Waals surface area contributed by atoms with Crippen molar-refractivity contribution in [2.75, 3.05) is 27.7 Å². The summed E-state index contributed by atoms with van der Waals surface area (Å²) in [6.07, 6.45) is 25.8. The van der Waals surface area contributed by atoms with E-state index in [9.17, 15) is 34.8 Å². The van der Waals surface area contributed by atoms with Crippen molar-refractivity contribution in [2.45, 2.75) is 230 Å². The lowest BCUT2D eigenvalue weighted by atomic mass is 9.79. The van der Waals surface area contributed by atoms with E-state index >= 15 is 0 Å². The molecule has 0 saturated carbocycles. The molecule has 0 saturated heterocycles. The van der Waals surface area contributed by atoms with Crippen LogP contribution in [-0.2, 0) is 9.09 Å². The van der Waals surface area contributed by atoms with E-state index < -0.39 is 37.8 Å². The summed E-state index contributed by atoms with van der Waals surface area (Å²) in [7, 11) is 0.345. The molecule has 0 fully saturated rings. The fourth-order valence-electron chi connectivity index (χ4n) is 7.17. The Bertz CT molecular complexity index is 807. The second kappa shape index (κ2) is 30.3. The molecule has 0 radical (unpaired) electrons. The van der Waals surface area contributed by atoms with Crippen molar-refractivity contribution >= 4 is 7.82 Å². The lowest BCUT2D eigenvalue weighted by molar-refractivity contribution is -0.873. The van der Waals surface area contributed by atoms with Gasteiger partial charge in [0.15, 0.2) is 0 Å². The van der Waals surface area contributed by atoms with Crippen molar-refractivity contribution in [2.24, 2.45) is 0 Å². The first-order chi connectivity index (χ1) is 23.7. The van der Waals surface area contributed by atoms with Gasteiger partial charge in [0.25, 0.3) is 0 Å². The highest BCUT2D eigenvalue weighted by Crippen LogP contribution is 2.41. The van der Waals surface area contributed by atoms with Gasteiger partial charge in [0, 0.05) is 6.42 Å². The third-order valence-electron chi connectivity index (χ3n) is 10.2. The molecular weight excluding hydrogens is 653 g/mol. The molecule has 0 aliphatic carbocycles. The van der Waals surface area contributed by atoms with Crippen LogP contribution in [0.15, 0.2) is 0 Å². The van der Waals surface area contributed by atoms with Gasteiger partial charge in [0.1, 0.15) is 24.4 Å². The van der Waals surface area contributed by atoms with Crippen LogP contribution in [0, 0.1) is 0 Å². The SMILES string of the molecule is CCCCCCCCCCCCCCCC(O)CC(O)(C(O)CCCCCCCCCCCCCCC)C(O)C(C[N+](C)(C)C)OP(=O)(O)O. The van der Waals surface area contributed by atoms with Gasteiger partial charge in [-0.25, -0.2) is 4.57 Å². The van der Waals surface area contributed by atoms with Crippen molar-refractivity contribution in [3.8, 4) is 0 Å². The van der Waals surface area contributed by atoms with Crippen LogP contribution in [0.3, 0.4) is 0 Å². The number of hydrogen-bond acceptors (Lipinski definition) is 6. The van der Waals surface area contributed by atoms with Crippen molar-refractivity contribution in [1.29, 1.82) is 0 Å². The molecule has 0 rings (SSSR count). The second-order valence-electron chi connectivity index (χ2n) is 16.5. The van der Waals surface area contributed by atoms with Gasteiger partial charge in [-0.2, -0.15) is 0 Å². The maximum Gasteiger partial charge on any atom is 0.470 e. The molecule has 0 aliphatic heterocycles. The summed E-state index contributed by atoms with van der Waals surface area (Å²) >= 11 is 0. The topological polar surface area (TPSA) is 148 Å². The molecule has 0 aliphatic rings. The predicted octanol–water partition coefficient (Wildman–Crippen LogP) is 9.34. The summed E-state index contributed by atoms with van der Waals surface area (Å²) in [4.78, 5) is 19.2. The zero-order valence-electron chi connectivity index (χ0n) is 33.4. The third kappa shape index (κ3) is 28.4. The van der Waals surface area contributed by atoms with E-state index in [1.54, 1.807) is 21.1 Å². The number of quaternary nitrogens is 1. The van der Waals surface area contributed by atoms with E-state index in [1.165, 1.54) is 122 Å². The summed E-state index contributed by atoms with van der Waals surface area (Å²) in [5.74, 6) is 0. The standard InChI is InChI=1S/C40H84NO8P/c1-6-8-10-12-14-16-18-20-22-24-26-28-30-32-36(42)34-40(45,39(44)37(35-41(3,4)5)49-50(46,47)48)38(43)33-31-29-27-25-23-21-19-17-15-13-11-9-7-2/h36-39,42-45H,6-35H2,1-5H3,(H-,46,47,48)/p+1. The molecule has 6 N–H and O–H groups in total. The Morgan fingerprint density at radius 2 is 0.880 bits per heavy atom. The van der Waals surface area contributed by atoms with Crippen LogP contribution in [0.5, 0.6) is 0 Å². The molecule has 0 amide bonds. The van der Waals surface area contributed by atoms with Crippen LogP contribution >= 0.6 is 7.82 Å². The first kappa shape index (κ1) is 49.9. The van der Waals surface area contributed by atoms with Crippen molar-refractivity contribution in [3.05, 3.63) is 0 Å². The lowest BCUT2D eigenvalue weighted by Gasteiger charge is -2.42. The summed E-state index contributed by atoms with van der Waals surface area (Å²) < 4.78 is 17.1. The molecule has 0 spiro atoms. The minimum Gasteiger partial charge on any atom is -0.393 e. The van der Waals surface area contributed by atoms with Crippen LogP contribution < -0.4 is 0 Å². The predicted molar refractivity (Wildman–Crippen MR) is 208 cm³/mol. The second-order valence-corrected chi connectivity index (χ2v) is 17.7. The van der Waals surface area contributed by atoms with Gasteiger partial charge in [-0.3, -0.25) is 4.52 Å². The Labute approximate surface area is 308 Å². The first-order valence-corrected chi connectivity index (χ1v) is 22.5. The lowest BCUT2D eigenvalue weighted by Crippen LogP contribution is -2.61. The van der Waals surface area contributed by atoms with Crippen molar-refractivity contribution in [3.63, 3.8) is 0 Å². The third-order valence-corrected chi connectivity index (χ3v) is 10.8. The van der Waals surface area contributed by atoms with Gasteiger partial charge in [-0.05, 0) is 12.8 Å². The van der Waals surface area contributed by atoms with Crippen molar-refractivity contribution < 1.29 is 43.8 Å². The number of hydrogen-bond donors (Lipinski definition) is 6. The van der Waals surface area contributed by atoms with E-state index in [0.717, 1.165) is 38.5 Å². The van der Waals surface area contributed by atoms with Crippen LogP contribution in [0.4, 0.5) is 0 Å². The fourth-order valence-corrected chi connectivity index (χ4v) is 7.70. The normalized spacial score (nSPS) is 16.3. The molecule has 5 unspecified atom stereocenters. The minimum atomic E-state index is -5.02. The number of nitrogens with zero attached hydrogens (tertiary/aromatic N) is 1. The number of phosphoric ester groups is 1. The summed E-state index contributed by atoms with van der Waals surface area (Å²) in [5.41, 5.74) is -2.19. The molecule has 0 aromatic heterocycles. The zero-order chi connectivity index (χ0) is 37.7. The molecule has 0 aromatic rings. The van der Waals surface area contributed by atoms with Gasteiger partial charge < -0.3 is 34.7 Å². The van der Waals surface area contributed by atoms with E-state index in [-0.39, 0.29) is 23.9 Å². The number of likely N-dealkylation sites (N-methyl/N-ethyl adjacent to an activating group) is 1. The van der Waals surface area contributed by atoms with E-state index in [4.69, 9.17) is 4.52 Å². The highest BCUT2D eigenvalue weighted by atomic mass is 31.2. The maximum atomic E-state index is 11.9. The van der Waals surface area contributed by atoms with Gasteiger partial charge in [-0.1, -0.05) is 181 Å². The fraction of sp³-hybridized carbons (Fsp3) is 1.00. The molecule has 10 heteroatoms. The van der Waals surface area contributed by atoms with Gasteiger partial charge in [-0.15, -0.1) is 0 Å². The van der Waals surface area contributed by atoms with E-state index in [0.29, 0.717) is 12.8 Å². The van der Waals surface area contributed by atoms with Crippen LogP contribution in [-0.4, -0.2) is 92.4 Å². The summed E-state index contributed by atoms with van der Waals surface area (Å²) in [6, 6.07) is 0. The Morgan fingerprint density at radius 3 is 1.20 bits per heavy atom. The van der Waals surface area contributed by atoms with Gasteiger partial charge >= 0.3 is 7.82 Å².